The average molecular weight is 271 g/mol. The Balaban J connectivity index is 1.71. The molecule has 2 saturated heterocycles. The zero-order valence-corrected chi connectivity index (χ0v) is 11.2. The maximum atomic E-state index is 11.1. The third-order valence-electron chi connectivity index (χ3n) is 4.80. The molecule has 4 heteroatoms. The molecule has 0 aromatic heterocycles. The van der Waals surface area contributed by atoms with Crippen LogP contribution in [0.3, 0.4) is 0 Å². The number of ether oxygens (including phenoxy) is 1. The largest absolute Gasteiger partial charge is 0.498 e. The summed E-state index contributed by atoms with van der Waals surface area (Å²) in [6.07, 6.45) is 10.2. The predicted octanol–water partition coefficient (Wildman–Crippen LogP) is 2.08. The van der Waals surface area contributed by atoms with Crippen LogP contribution in [-0.4, -0.2) is 35.7 Å². The molecule has 0 radical (unpaired) electrons. The molecule has 4 aliphatic rings. The summed E-state index contributed by atoms with van der Waals surface area (Å²) in [4.78, 5) is 13.3. The van der Waals surface area contributed by atoms with Crippen LogP contribution in [0.1, 0.15) is 12.8 Å². The maximum Gasteiger partial charge on any atom is 0.333 e. The zero-order valence-electron chi connectivity index (χ0n) is 11.2. The summed E-state index contributed by atoms with van der Waals surface area (Å²) >= 11 is 0. The average Bonchev–Trinajstić information content (AvgIpc) is 2.94. The molecule has 2 atom stereocenters. The van der Waals surface area contributed by atoms with E-state index in [1.165, 1.54) is 11.3 Å². The number of nitrogens with zero attached hydrogens (tertiary/aromatic N) is 1. The number of fused-ring (bicyclic) bond motifs is 5. The predicted molar refractivity (Wildman–Crippen MR) is 73.7 cm³/mol. The van der Waals surface area contributed by atoms with E-state index in [0.717, 1.165) is 31.8 Å². The highest BCUT2D eigenvalue weighted by Crippen LogP contribution is 2.46. The Morgan fingerprint density at radius 3 is 2.95 bits per heavy atom. The van der Waals surface area contributed by atoms with E-state index in [2.05, 4.69) is 17.1 Å². The van der Waals surface area contributed by atoms with Crippen LogP contribution < -0.4 is 0 Å². The monoisotopic (exact) mass is 271 g/mol. The van der Waals surface area contributed by atoms with Gasteiger partial charge in [0.15, 0.2) is 0 Å². The van der Waals surface area contributed by atoms with Gasteiger partial charge in [0.2, 0.25) is 0 Å². The van der Waals surface area contributed by atoms with Gasteiger partial charge in [0.1, 0.15) is 0 Å². The van der Waals surface area contributed by atoms with Crippen LogP contribution in [0.4, 0.5) is 0 Å². The van der Waals surface area contributed by atoms with Crippen LogP contribution in [0.25, 0.3) is 0 Å². The van der Waals surface area contributed by atoms with Gasteiger partial charge in [-0.2, -0.15) is 0 Å². The molecule has 104 valence electrons. The van der Waals surface area contributed by atoms with Crippen LogP contribution in [0, 0.1) is 11.8 Å². The van der Waals surface area contributed by atoms with Crippen LogP contribution >= 0.6 is 0 Å². The number of carboxylic acid groups (broad SMARTS) is 1. The van der Waals surface area contributed by atoms with Crippen molar-refractivity contribution in [2.75, 3.05) is 19.7 Å². The van der Waals surface area contributed by atoms with Crippen LogP contribution in [0.15, 0.2) is 46.9 Å². The third kappa shape index (κ3) is 1.64. The number of carbonyl (C=O) groups is 1. The van der Waals surface area contributed by atoms with E-state index in [1.807, 2.05) is 6.08 Å². The number of carboxylic acids is 1. The molecular formula is C16H17NO3. The first-order valence-electron chi connectivity index (χ1n) is 7.18. The zero-order chi connectivity index (χ0) is 13.7. The van der Waals surface area contributed by atoms with Gasteiger partial charge in [-0.15, -0.1) is 0 Å². The van der Waals surface area contributed by atoms with Gasteiger partial charge in [-0.3, -0.25) is 0 Å². The Kier molecular flexibility index (Phi) is 2.52. The van der Waals surface area contributed by atoms with E-state index in [9.17, 15) is 4.79 Å². The van der Waals surface area contributed by atoms with E-state index < -0.39 is 5.97 Å². The topological polar surface area (TPSA) is 49.8 Å². The van der Waals surface area contributed by atoms with Crippen molar-refractivity contribution in [2.45, 2.75) is 12.8 Å². The first kappa shape index (κ1) is 11.8. The molecule has 0 aromatic rings. The molecule has 0 aromatic carbocycles. The van der Waals surface area contributed by atoms with Gasteiger partial charge in [-0.1, -0.05) is 6.08 Å². The number of piperidine rings is 1. The highest BCUT2D eigenvalue weighted by Gasteiger charge is 2.40. The van der Waals surface area contributed by atoms with Crippen molar-refractivity contribution in [1.29, 1.82) is 0 Å². The molecule has 3 heterocycles. The fourth-order valence-corrected chi connectivity index (χ4v) is 3.81. The molecule has 2 unspecified atom stereocenters. The quantitative estimate of drug-likeness (QED) is 0.793. The third-order valence-corrected chi connectivity index (χ3v) is 4.80. The second kappa shape index (κ2) is 4.27. The molecular weight excluding hydrogens is 254 g/mol. The molecule has 3 aliphatic heterocycles. The molecule has 0 bridgehead atoms. The fraction of sp³-hybridized carbons (Fsp3) is 0.438. The maximum absolute atomic E-state index is 11.1. The molecule has 0 amide bonds. The first-order chi connectivity index (χ1) is 9.74. The summed E-state index contributed by atoms with van der Waals surface area (Å²) in [7, 11) is 0. The minimum atomic E-state index is -0.813. The summed E-state index contributed by atoms with van der Waals surface area (Å²) < 4.78 is 5.68. The summed E-state index contributed by atoms with van der Waals surface area (Å²) in [5, 5.41) is 9.12. The van der Waals surface area contributed by atoms with E-state index in [0.29, 0.717) is 24.0 Å². The van der Waals surface area contributed by atoms with Crippen LogP contribution in [0.2, 0.25) is 0 Å². The normalized spacial score (nSPS) is 30.9. The summed E-state index contributed by atoms with van der Waals surface area (Å²) in [6.45, 7) is 2.28. The van der Waals surface area contributed by atoms with Gasteiger partial charge < -0.3 is 14.7 Å². The second-order valence-electron chi connectivity index (χ2n) is 5.80. The number of hydrogen-bond acceptors (Lipinski definition) is 3. The summed E-state index contributed by atoms with van der Waals surface area (Å²) in [5.74, 6) is 1.40. The molecule has 2 fully saturated rings. The lowest BCUT2D eigenvalue weighted by Gasteiger charge is -2.42. The highest BCUT2D eigenvalue weighted by atomic mass is 16.5. The molecule has 0 spiro atoms. The Hall–Kier alpha value is -1.97. The van der Waals surface area contributed by atoms with Crippen molar-refractivity contribution in [3.8, 4) is 0 Å². The summed E-state index contributed by atoms with van der Waals surface area (Å²) in [5.41, 5.74) is 3.04. The Bertz CT molecular complexity index is 597. The van der Waals surface area contributed by atoms with Crippen molar-refractivity contribution in [2.24, 2.45) is 11.8 Å². The van der Waals surface area contributed by atoms with Gasteiger partial charge >= 0.3 is 5.97 Å². The van der Waals surface area contributed by atoms with Crippen LogP contribution in [0.5, 0.6) is 0 Å². The van der Waals surface area contributed by atoms with E-state index >= 15 is 0 Å². The highest BCUT2D eigenvalue weighted by molar-refractivity contribution is 5.88. The molecule has 20 heavy (non-hydrogen) atoms. The van der Waals surface area contributed by atoms with Gasteiger partial charge in [0.25, 0.3) is 0 Å². The lowest BCUT2D eigenvalue weighted by Crippen LogP contribution is -2.40. The molecule has 1 aliphatic carbocycles. The van der Waals surface area contributed by atoms with E-state index in [-0.39, 0.29) is 0 Å². The van der Waals surface area contributed by atoms with E-state index in [4.69, 9.17) is 9.84 Å². The van der Waals surface area contributed by atoms with Crippen LogP contribution in [-0.2, 0) is 9.53 Å². The number of allylic oxidation sites excluding steroid dienone is 6. The van der Waals surface area contributed by atoms with Crippen molar-refractivity contribution < 1.29 is 14.6 Å². The number of aliphatic carboxylic acids is 1. The van der Waals surface area contributed by atoms with Crippen molar-refractivity contribution >= 4 is 5.97 Å². The van der Waals surface area contributed by atoms with Gasteiger partial charge in [0.05, 0.1) is 24.5 Å². The first-order valence-corrected chi connectivity index (χ1v) is 7.18. The Morgan fingerprint density at radius 2 is 2.10 bits per heavy atom. The summed E-state index contributed by atoms with van der Waals surface area (Å²) in [6, 6.07) is 0. The SMILES string of the molecule is O=C(O)C1=CC=C2C3=CC=C4OCCC4C3CCN2C1. The molecule has 4 nitrogen and oxygen atoms in total. The number of hydrogen-bond donors (Lipinski definition) is 1. The minimum absolute atomic E-state index is 0.476. The lowest BCUT2D eigenvalue weighted by molar-refractivity contribution is -0.132. The smallest absolute Gasteiger partial charge is 0.333 e. The van der Waals surface area contributed by atoms with E-state index in [1.54, 1.807) is 6.08 Å². The lowest BCUT2D eigenvalue weighted by atomic mass is 9.74. The second-order valence-corrected chi connectivity index (χ2v) is 5.80. The van der Waals surface area contributed by atoms with Crippen molar-refractivity contribution in [3.63, 3.8) is 0 Å². The Morgan fingerprint density at radius 1 is 1.20 bits per heavy atom. The van der Waals surface area contributed by atoms with Gasteiger partial charge in [-0.25, -0.2) is 4.79 Å². The van der Waals surface area contributed by atoms with Crippen molar-refractivity contribution in [1.82, 2.24) is 4.90 Å². The molecule has 1 N–H and O–H groups in total. The molecule has 0 saturated carbocycles. The standard InChI is InChI=1S/C16H17NO3/c18-16(19)10-1-3-14-12-2-4-15-13(6-8-20-15)11(12)5-7-17(14)9-10/h1-4,11,13H,5-9H2,(H,18,19). The van der Waals surface area contributed by atoms with Gasteiger partial charge in [0, 0.05) is 18.2 Å². The molecule has 4 rings (SSSR count). The number of rotatable bonds is 1. The minimum Gasteiger partial charge on any atom is -0.498 e. The Labute approximate surface area is 117 Å². The fourth-order valence-electron chi connectivity index (χ4n) is 3.81. The van der Waals surface area contributed by atoms with Gasteiger partial charge in [-0.05, 0) is 42.6 Å². The van der Waals surface area contributed by atoms with Crippen molar-refractivity contribution in [3.05, 3.63) is 46.9 Å².